The summed E-state index contributed by atoms with van der Waals surface area (Å²) < 4.78 is 21.5. The first kappa shape index (κ1) is 25.7. The number of hydrogen-bond acceptors (Lipinski definition) is 6. The summed E-state index contributed by atoms with van der Waals surface area (Å²) in [6, 6.07) is 7.18. The average Bonchev–Trinajstić information content (AvgIpc) is 2.72. The van der Waals surface area contributed by atoms with E-state index >= 15 is 0 Å². The zero-order valence-electron chi connectivity index (χ0n) is 18.5. The van der Waals surface area contributed by atoms with Gasteiger partial charge in [-0.15, -0.1) is 0 Å². The number of hydrogen-bond donors (Lipinski definition) is 1. The minimum Gasteiger partial charge on any atom is -0.492 e. The Kier molecular flexibility index (Phi) is 12.5. The number of carbonyl (C=O) groups excluding carboxylic acids is 1. The second-order valence-corrected chi connectivity index (χ2v) is 7.13. The van der Waals surface area contributed by atoms with E-state index in [0.29, 0.717) is 38.7 Å². The van der Waals surface area contributed by atoms with Crippen LogP contribution in [0.2, 0.25) is 0 Å². The summed E-state index contributed by atoms with van der Waals surface area (Å²) in [6.45, 7) is 7.95. The molecule has 30 heavy (non-hydrogen) atoms. The Morgan fingerprint density at radius 3 is 2.30 bits per heavy atom. The number of unbranched alkanes of at least 4 members (excludes halogenated alkanes) is 1. The van der Waals surface area contributed by atoms with E-state index in [2.05, 4.69) is 6.92 Å². The van der Waals surface area contributed by atoms with Crippen molar-refractivity contribution in [2.45, 2.75) is 52.2 Å². The first-order valence-electron chi connectivity index (χ1n) is 10.4. The van der Waals surface area contributed by atoms with Gasteiger partial charge in [0.1, 0.15) is 12.4 Å². The maximum absolute atomic E-state index is 11.9. The predicted octanol–water partition coefficient (Wildman–Crippen LogP) is 3.37. The summed E-state index contributed by atoms with van der Waals surface area (Å²) >= 11 is 0. The minimum absolute atomic E-state index is 0.163. The topological polar surface area (TPSA) is 94.5 Å². The van der Waals surface area contributed by atoms with E-state index in [1.807, 2.05) is 26.0 Å². The molecule has 1 unspecified atom stereocenters. The van der Waals surface area contributed by atoms with Crippen LogP contribution in [-0.4, -0.2) is 74.3 Å². The normalized spacial score (nSPS) is 11.9. The molecule has 1 atom stereocenters. The summed E-state index contributed by atoms with van der Waals surface area (Å²) in [6.07, 6.45) is 0.872. The molecule has 1 N–H and O–H groups in total. The van der Waals surface area contributed by atoms with Crippen molar-refractivity contribution in [3.63, 3.8) is 0 Å². The molecule has 170 valence electrons. The fourth-order valence-electron chi connectivity index (χ4n) is 2.68. The van der Waals surface area contributed by atoms with Gasteiger partial charge >= 0.3 is 12.1 Å². The zero-order chi connectivity index (χ0) is 22.4. The van der Waals surface area contributed by atoms with Gasteiger partial charge in [-0.2, -0.15) is 0 Å². The molecule has 0 aliphatic heterocycles. The van der Waals surface area contributed by atoms with Crippen LogP contribution in [0.5, 0.6) is 5.75 Å². The lowest BCUT2D eigenvalue weighted by molar-refractivity contribution is -0.153. The molecular formula is C22H35NO7. The number of carboxylic acids is 1. The number of carbonyl (C=O) groups is 2. The molecule has 0 saturated heterocycles. The number of aliphatic carboxylic acids is 1. The van der Waals surface area contributed by atoms with E-state index in [0.717, 1.165) is 18.4 Å². The van der Waals surface area contributed by atoms with Crippen LogP contribution in [0, 0.1) is 0 Å². The smallest absolute Gasteiger partial charge is 0.409 e. The van der Waals surface area contributed by atoms with Crippen LogP contribution in [0.4, 0.5) is 4.79 Å². The SMILES string of the molecule is CCCCOCCN(CCOc1ccc(CC(OC(C)C)C(=O)O)cc1)C(=O)OC. The van der Waals surface area contributed by atoms with Gasteiger partial charge in [-0.1, -0.05) is 25.5 Å². The minimum atomic E-state index is -0.981. The highest BCUT2D eigenvalue weighted by molar-refractivity contribution is 5.72. The van der Waals surface area contributed by atoms with Crippen molar-refractivity contribution in [1.29, 1.82) is 0 Å². The van der Waals surface area contributed by atoms with Gasteiger partial charge in [0.05, 0.1) is 26.4 Å². The van der Waals surface area contributed by atoms with Crippen molar-refractivity contribution in [1.82, 2.24) is 4.90 Å². The summed E-state index contributed by atoms with van der Waals surface area (Å²) in [7, 11) is 1.35. The predicted molar refractivity (Wildman–Crippen MR) is 113 cm³/mol. The van der Waals surface area contributed by atoms with Crippen molar-refractivity contribution >= 4 is 12.1 Å². The lowest BCUT2D eigenvalue weighted by Crippen LogP contribution is -2.37. The molecule has 0 bridgehead atoms. The maximum Gasteiger partial charge on any atom is 0.409 e. The summed E-state index contributed by atoms with van der Waals surface area (Å²) in [5.74, 6) is -0.343. The Morgan fingerprint density at radius 1 is 1.07 bits per heavy atom. The molecule has 0 heterocycles. The number of amides is 1. The Morgan fingerprint density at radius 2 is 1.73 bits per heavy atom. The molecule has 0 fully saturated rings. The maximum atomic E-state index is 11.9. The second-order valence-electron chi connectivity index (χ2n) is 7.13. The molecule has 1 aromatic carbocycles. The van der Waals surface area contributed by atoms with E-state index in [9.17, 15) is 14.7 Å². The van der Waals surface area contributed by atoms with Gasteiger partial charge in [0.15, 0.2) is 6.10 Å². The molecule has 0 aliphatic rings. The van der Waals surface area contributed by atoms with E-state index in [4.69, 9.17) is 18.9 Å². The number of ether oxygens (including phenoxy) is 4. The van der Waals surface area contributed by atoms with Crippen molar-refractivity contribution in [3.05, 3.63) is 29.8 Å². The van der Waals surface area contributed by atoms with Gasteiger partial charge in [-0.3, -0.25) is 0 Å². The first-order chi connectivity index (χ1) is 14.4. The van der Waals surface area contributed by atoms with Gasteiger partial charge in [-0.05, 0) is 38.0 Å². The monoisotopic (exact) mass is 425 g/mol. The molecule has 1 rings (SSSR count). The van der Waals surface area contributed by atoms with Crippen molar-refractivity contribution < 1.29 is 33.6 Å². The third-order valence-electron chi connectivity index (χ3n) is 4.27. The Labute approximate surface area is 179 Å². The van der Waals surface area contributed by atoms with Crippen LogP contribution in [0.3, 0.4) is 0 Å². The second kappa shape index (κ2) is 14.6. The third-order valence-corrected chi connectivity index (χ3v) is 4.27. The summed E-state index contributed by atoms with van der Waals surface area (Å²) in [4.78, 5) is 24.7. The fourth-order valence-corrected chi connectivity index (χ4v) is 2.68. The first-order valence-corrected chi connectivity index (χ1v) is 10.4. The Balaban J connectivity index is 2.48. The molecule has 0 aliphatic carbocycles. The Bertz CT molecular complexity index is 618. The largest absolute Gasteiger partial charge is 0.492 e. The lowest BCUT2D eigenvalue weighted by Gasteiger charge is -2.21. The number of benzene rings is 1. The van der Waals surface area contributed by atoms with Gasteiger partial charge in [0.2, 0.25) is 0 Å². The van der Waals surface area contributed by atoms with E-state index in [-0.39, 0.29) is 12.5 Å². The molecule has 0 radical (unpaired) electrons. The lowest BCUT2D eigenvalue weighted by atomic mass is 10.1. The number of nitrogens with zero attached hydrogens (tertiary/aromatic N) is 1. The van der Waals surface area contributed by atoms with Gasteiger partial charge < -0.3 is 29.0 Å². The highest BCUT2D eigenvalue weighted by Crippen LogP contribution is 2.15. The van der Waals surface area contributed by atoms with E-state index in [1.54, 1.807) is 17.0 Å². The molecule has 0 aromatic heterocycles. The van der Waals surface area contributed by atoms with Gasteiger partial charge in [-0.25, -0.2) is 9.59 Å². The molecular weight excluding hydrogens is 390 g/mol. The summed E-state index contributed by atoms with van der Waals surface area (Å²) in [5, 5.41) is 9.27. The van der Waals surface area contributed by atoms with Gasteiger partial charge in [0.25, 0.3) is 0 Å². The molecule has 1 aromatic rings. The van der Waals surface area contributed by atoms with Crippen molar-refractivity contribution in [2.75, 3.05) is 40.0 Å². The fraction of sp³-hybridized carbons (Fsp3) is 0.636. The Hall–Kier alpha value is -2.32. The van der Waals surface area contributed by atoms with Crippen LogP contribution < -0.4 is 4.74 Å². The third kappa shape index (κ3) is 10.5. The highest BCUT2D eigenvalue weighted by atomic mass is 16.5. The van der Waals surface area contributed by atoms with Crippen LogP contribution in [-0.2, 0) is 25.4 Å². The quantitative estimate of drug-likeness (QED) is 0.431. The number of rotatable bonds is 15. The van der Waals surface area contributed by atoms with E-state index < -0.39 is 18.2 Å². The van der Waals surface area contributed by atoms with Crippen molar-refractivity contribution in [2.24, 2.45) is 0 Å². The molecule has 0 saturated carbocycles. The molecule has 8 heteroatoms. The molecule has 1 amide bonds. The van der Waals surface area contributed by atoms with Crippen LogP contribution in [0.1, 0.15) is 39.2 Å². The molecule has 0 spiro atoms. The van der Waals surface area contributed by atoms with E-state index in [1.165, 1.54) is 7.11 Å². The average molecular weight is 426 g/mol. The van der Waals surface area contributed by atoms with Crippen LogP contribution >= 0.6 is 0 Å². The standard InChI is InChI=1S/C22H35NO7/c1-5-6-13-28-14-11-23(22(26)27-4)12-15-29-19-9-7-18(8-10-19)16-20(21(24)25)30-17(2)3/h7-10,17,20H,5-6,11-16H2,1-4H3,(H,24,25). The van der Waals surface area contributed by atoms with Crippen molar-refractivity contribution in [3.8, 4) is 5.75 Å². The highest BCUT2D eigenvalue weighted by Gasteiger charge is 2.20. The number of carboxylic acid groups (broad SMARTS) is 1. The number of methoxy groups -OCH3 is 1. The molecule has 8 nitrogen and oxygen atoms in total. The zero-order valence-corrected chi connectivity index (χ0v) is 18.5. The van der Waals surface area contributed by atoms with Gasteiger partial charge in [0, 0.05) is 19.6 Å². The van der Waals surface area contributed by atoms with Crippen LogP contribution in [0.25, 0.3) is 0 Å². The van der Waals surface area contributed by atoms with Crippen LogP contribution in [0.15, 0.2) is 24.3 Å². The summed E-state index contributed by atoms with van der Waals surface area (Å²) in [5.41, 5.74) is 0.843.